The van der Waals surface area contributed by atoms with Gasteiger partial charge < -0.3 is 4.90 Å². The zero-order chi connectivity index (χ0) is 11.4. The van der Waals surface area contributed by atoms with Crippen molar-refractivity contribution in [3.05, 3.63) is 35.6 Å². The van der Waals surface area contributed by atoms with Crippen LogP contribution in [0.1, 0.15) is 24.8 Å². The summed E-state index contributed by atoms with van der Waals surface area (Å²) >= 11 is 0. The van der Waals surface area contributed by atoms with E-state index in [9.17, 15) is 4.39 Å². The van der Waals surface area contributed by atoms with Crippen LogP contribution in [0.25, 0.3) is 0 Å². The highest BCUT2D eigenvalue weighted by molar-refractivity contribution is 5.16. The van der Waals surface area contributed by atoms with Gasteiger partial charge in [-0.3, -0.25) is 0 Å². The van der Waals surface area contributed by atoms with Crippen molar-refractivity contribution in [2.75, 3.05) is 20.1 Å². The molecule has 0 bridgehead atoms. The molecule has 0 atom stereocenters. The predicted molar refractivity (Wildman–Crippen MR) is 64.9 cm³/mol. The molecule has 0 amide bonds. The minimum Gasteiger partial charge on any atom is -0.306 e. The molecule has 0 spiro atoms. The van der Waals surface area contributed by atoms with Crippen molar-refractivity contribution in [2.24, 2.45) is 5.92 Å². The zero-order valence-corrected chi connectivity index (χ0v) is 9.95. The normalized spacial score (nSPS) is 18.9. The number of piperidine rings is 1. The van der Waals surface area contributed by atoms with Crippen LogP contribution in [0.15, 0.2) is 24.3 Å². The molecule has 1 aromatic carbocycles. The van der Waals surface area contributed by atoms with Crippen LogP contribution < -0.4 is 0 Å². The number of hydrogen-bond donors (Lipinski definition) is 0. The molecule has 1 aliphatic rings. The van der Waals surface area contributed by atoms with Crippen LogP contribution >= 0.6 is 0 Å². The van der Waals surface area contributed by atoms with Crippen molar-refractivity contribution < 1.29 is 4.39 Å². The lowest BCUT2D eigenvalue weighted by Crippen LogP contribution is -2.30. The van der Waals surface area contributed by atoms with Crippen LogP contribution in [0.4, 0.5) is 4.39 Å². The van der Waals surface area contributed by atoms with Gasteiger partial charge in [-0.05, 0) is 69.4 Å². The molecule has 88 valence electrons. The van der Waals surface area contributed by atoms with E-state index in [1.165, 1.54) is 37.9 Å². The highest BCUT2D eigenvalue weighted by Crippen LogP contribution is 2.21. The van der Waals surface area contributed by atoms with Crippen molar-refractivity contribution in [1.82, 2.24) is 4.90 Å². The Morgan fingerprint density at radius 1 is 1.19 bits per heavy atom. The Bertz CT molecular complexity index is 312. The molecule has 1 heterocycles. The lowest BCUT2D eigenvalue weighted by Gasteiger charge is -2.28. The van der Waals surface area contributed by atoms with Crippen LogP contribution in [0.2, 0.25) is 0 Å². The fourth-order valence-electron chi connectivity index (χ4n) is 2.37. The molecule has 0 aromatic heterocycles. The van der Waals surface area contributed by atoms with E-state index in [1.807, 2.05) is 12.1 Å². The van der Waals surface area contributed by atoms with Crippen LogP contribution in [-0.4, -0.2) is 25.0 Å². The van der Waals surface area contributed by atoms with Crippen LogP contribution in [0, 0.1) is 11.7 Å². The number of halogens is 1. The van der Waals surface area contributed by atoms with Crippen LogP contribution in [0.3, 0.4) is 0 Å². The second kappa shape index (κ2) is 5.44. The molecule has 1 aliphatic heterocycles. The maximum Gasteiger partial charge on any atom is 0.123 e. The van der Waals surface area contributed by atoms with E-state index in [0.29, 0.717) is 0 Å². The van der Waals surface area contributed by atoms with Crippen molar-refractivity contribution in [3.8, 4) is 0 Å². The van der Waals surface area contributed by atoms with E-state index in [2.05, 4.69) is 11.9 Å². The van der Waals surface area contributed by atoms with Crippen molar-refractivity contribution in [1.29, 1.82) is 0 Å². The lowest BCUT2D eigenvalue weighted by atomic mass is 9.91. The molecule has 0 radical (unpaired) electrons. The molecular weight excluding hydrogens is 201 g/mol. The molecule has 0 unspecified atom stereocenters. The lowest BCUT2D eigenvalue weighted by molar-refractivity contribution is 0.212. The third kappa shape index (κ3) is 3.31. The van der Waals surface area contributed by atoms with Gasteiger partial charge in [-0.1, -0.05) is 12.1 Å². The quantitative estimate of drug-likeness (QED) is 0.758. The summed E-state index contributed by atoms with van der Waals surface area (Å²) in [5.74, 6) is 0.726. The molecule has 16 heavy (non-hydrogen) atoms. The van der Waals surface area contributed by atoms with Crippen molar-refractivity contribution in [2.45, 2.75) is 25.7 Å². The molecule has 2 heteroatoms. The number of nitrogens with zero attached hydrogens (tertiary/aromatic N) is 1. The Hall–Kier alpha value is -0.890. The van der Waals surface area contributed by atoms with Crippen molar-refractivity contribution in [3.63, 3.8) is 0 Å². The first-order valence-corrected chi connectivity index (χ1v) is 6.17. The summed E-state index contributed by atoms with van der Waals surface area (Å²) in [6.07, 6.45) is 4.98. The van der Waals surface area contributed by atoms with Crippen LogP contribution in [0.5, 0.6) is 0 Å². The van der Waals surface area contributed by atoms with Crippen LogP contribution in [-0.2, 0) is 6.42 Å². The Morgan fingerprint density at radius 3 is 2.44 bits per heavy atom. The molecule has 0 aliphatic carbocycles. The first-order chi connectivity index (χ1) is 7.74. The summed E-state index contributed by atoms with van der Waals surface area (Å²) in [6.45, 7) is 2.46. The maximum atomic E-state index is 12.7. The molecular formula is C14H20FN. The van der Waals surface area contributed by atoms with Gasteiger partial charge in [-0.15, -0.1) is 0 Å². The summed E-state index contributed by atoms with van der Waals surface area (Å²) in [5, 5.41) is 0. The van der Waals surface area contributed by atoms with Gasteiger partial charge in [0.1, 0.15) is 5.82 Å². The number of rotatable bonds is 3. The van der Waals surface area contributed by atoms with Gasteiger partial charge in [0.05, 0.1) is 0 Å². The second-order valence-electron chi connectivity index (χ2n) is 4.91. The van der Waals surface area contributed by atoms with Gasteiger partial charge in [0.25, 0.3) is 0 Å². The van der Waals surface area contributed by atoms with E-state index in [0.717, 1.165) is 12.3 Å². The molecule has 1 saturated heterocycles. The first kappa shape index (κ1) is 11.6. The molecule has 1 aromatic rings. The molecule has 2 rings (SSSR count). The van der Waals surface area contributed by atoms with Gasteiger partial charge in [-0.25, -0.2) is 4.39 Å². The number of likely N-dealkylation sites (tertiary alicyclic amines) is 1. The summed E-state index contributed by atoms with van der Waals surface area (Å²) in [5.41, 5.74) is 1.26. The van der Waals surface area contributed by atoms with E-state index in [1.54, 1.807) is 12.1 Å². The minimum absolute atomic E-state index is 0.136. The summed E-state index contributed by atoms with van der Waals surface area (Å²) in [7, 11) is 2.19. The fourth-order valence-corrected chi connectivity index (χ4v) is 2.37. The Kier molecular flexibility index (Phi) is 3.94. The Morgan fingerprint density at radius 2 is 1.81 bits per heavy atom. The van der Waals surface area contributed by atoms with Crippen molar-refractivity contribution >= 4 is 0 Å². The van der Waals surface area contributed by atoms with Gasteiger partial charge >= 0.3 is 0 Å². The maximum absolute atomic E-state index is 12.7. The van der Waals surface area contributed by atoms with Gasteiger partial charge in [0, 0.05) is 0 Å². The fraction of sp³-hybridized carbons (Fsp3) is 0.571. The topological polar surface area (TPSA) is 3.24 Å². The molecule has 1 nitrogen and oxygen atoms in total. The average Bonchev–Trinajstić information content (AvgIpc) is 2.30. The SMILES string of the molecule is CN1CCC(CCc2ccc(F)cc2)CC1. The number of hydrogen-bond acceptors (Lipinski definition) is 1. The Labute approximate surface area is 97.3 Å². The zero-order valence-electron chi connectivity index (χ0n) is 9.95. The first-order valence-electron chi connectivity index (χ1n) is 6.17. The van der Waals surface area contributed by atoms with E-state index >= 15 is 0 Å². The standard InChI is InChI=1S/C14H20FN/c1-16-10-8-13(9-11-16)3-2-12-4-6-14(15)7-5-12/h4-7,13H,2-3,8-11H2,1H3. The van der Waals surface area contributed by atoms with E-state index < -0.39 is 0 Å². The minimum atomic E-state index is -0.136. The molecule has 0 N–H and O–H groups in total. The van der Waals surface area contributed by atoms with E-state index in [4.69, 9.17) is 0 Å². The monoisotopic (exact) mass is 221 g/mol. The number of benzene rings is 1. The number of aryl methyl sites for hydroxylation is 1. The highest BCUT2D eigenvalue weighted by atomic mass is 19.1. The Balaban J connectivity index is 1.77. The third-order valence-corrected chi connectivity index (χ3v) is 3.59. The summed E-state index contributed by atoms with van der Waals surface area (Å²) < 4.78 is 12.7. The average molecular weight is 221 g/mol. The second-order valence-corrected chi connectivity index (χ2v) is 4.91. The summed E-state index contributed by atoms with van der Waals surface area (Å²) in [4.78, 5) is 2.40. The molecule has 1 fully saturated rings. The third-order valence-electron chi connectivity index (χ3n) is 3.59. The smallest absolute Gasteiger partial charge is 0.123 e. The van der Waals surface area contributed by atoms with Gasteiger partial charge in [-0.2, -0.15) is 0 Å². The van der Waals surface area contributed by atoms with E-state index in [-0.39, 0.29) is 5.82 Å². The largest absolute Gasteiger partial charge is 0.306 e. The highest BCUT2D eigenvalue weighted by Gasteiger charge is 2.16. The predicted octanol–water partition coefficient (Wildman–Crippen LogP) is 3.10. The van der Waals surface area contributed by atoms with Gasteiger partial charge in [0.15, 0.2) is 0 Å². The summed E-state index contributed by atoms with van der Waals surface area (Å²) in [6, 6.07) is 6.93. The molecule has 0 saturated carbocycles. The van der Waals surface area contributed by atoms with Gasteiger partial charge in [0.2, 0.25) is 0 Å².